The Bertz CT molecular complexity index is 1340. The standard InChI is InChI=1S/C25H25ClF3N3O3S/c1-30-36(34,22-12-10-21(11-13-22)35-25(27,28)29)31-15-20(33)16-32-23-5-3-2-4-17(23)6-7-18-8-9-19(26)14-24(18)32/h2-5,8-14,20,33H,6-7,15-16H2,1H3,(H,30,31,34). The first-order chi connectivity index (χ1) is 17.1. The van der Waals surface area contributed by atoms with E-state index in [1.54, 1.807) is 0 Å². The van der Waals surface area contributed by atoms with Crippen LogP contribution in [0.15, 0.2) is 76.0 Å². The number of nitrogens with one attached hydrogen (secondary N) is 1. The number of halogens is 4. The number of anilines is 2. The van der Waals surface area contributed by atoms with Gasteiger partial charge in [-0.3, -0.25) is 0 Å². The number of nitrogens with zero attached hydrogens (tertiary/aromatic N) is 2. The summed E-state index contributed by atoms with van der Waals surface area (Å²) in [5.74, 6) is -0.429. The van der Waals surface area contributed by atoms with Crippen molar-refractivity contribution < 1.29 is 27.2 Å². The summed E-state index contributed by atoms with van der Waals surface area (Å²) in [7, 11) is -1.86. The number of aliphatic hydroxyl groups excluding tert-OH is 1. The van der Waals surface area contributed by atoms with Gasteiger partial charge in [0.15, 0.2) is 0 Å². The number of β-amino-alcohol motifs (C(OH)–C–C–N with tert-alkyl or cyclic N) is 1. The Morgan fingerprint density at radius 1 is 1.08 bits per heavy atom. The van der Waals surface area contributed by atoms with E-state index in [1.165, 1.54) is 19.2 Å². The molecule has 3 aromatic carbocycles. The van der Waals surface area contributed by atoms with E-state index in [4.69, 9.17) is 11.6 Å². The maximum atomic E-state index is 13.4. The number of alkyl halides is 3. The molecule has 6 nitrogen and oxygen atoms in total. The van der Waals surface area contributed by atoms with Gasteiger partial charge in [-0.05, 0) is 66.4 Å². The number of benzene rings is 3. The summed E-state index contributed by atoms with van der Waals surface area (Å²) in [6.07, 6.45) is -4.12. The maximum absolute atomic E-state index is 13.4. The minimum absolute atomic E-state index is 0.0778. The molecule has 192 valence electrons. The van der Waals surface area contributed by atoms with Crippen molar-refractivity contribution in [3.63, 3.8) is 0 Å². The average molecular weight is 540 g/mol. The molecular weight excluding hydrogens is 515 g/mol. The first kappa shape index (κ1) is 26.3. The van der Waals surface area contributed by atoms with E-state index >= 15 is 0 Å². The summed E-state index contributed by atoms with van der Waals surface area (Å²) < 4.78 is 61.2. The Morgan fingerprint density at radius 3 is 2.42 bits per heavy atom. The molecule has 1 aliphatic heterocycles. The van der Waals surface area contributed by atoms with Crippen molar-refractivity contribution in [2.24, 2.45) is 4.36 Å². The van der Waals surface area contributed by atoms with E-state index in [1.807, 2.05) is 41.3 Å². The minimum atomic E-state index is -4.82. The number of hydrogen-bond donors (Lipinski definition) is 2. The van der Waals surface area contributed by atoms with Gasteiger partial charge in [-0.1, -0.05) is 35.9 Å². The first-order valence-corrected chi connectivity index (χ1v) is 13.0. The maximum Gasteiger partial charge on any atom is 0.573 e. The van der Waals surface area contributed by atoms with Crippen molar-refractivity contribution >= 4 is 32.9 Å². The summed E-state index contributed by atoms with van der Waals surface area (Å²) >= 11 is 6.29. The fourth-order valence-electron chi connectivity index (χ4n) is 4.14. The van der Waals surface area contributed by atoms with E-state index in [2.05, 4.69) is 19.9 Å². The van der Waals surface area contributed by atoms with Crippen molar-refractivity contribution in [1.29, 1.82) is 0 Å². The molecule has 3 aromatic rings. The predicted octanol–water partition coefficient (Wildman–Crippen LogP) is 5.50. The highest BCUT2D eigenvalue weighted by molar-refractivity contribution is 7.91. The van der Waals surface area contributed by atoms with Crippen molar-refractivity contribution in [2.45, 2.75) is 30.2 Å². The molecule has 2 unspecified atom stereocenters. The molecule has 2 atom stereocenters. The highest BCUT2D eigenvalue weighted by Gasteiger charge is 2.31. The summed E-state index contributed by atoms with van der Waals surface area (Å²) in [5.41, 5.74) is 4.09. The van der Waals surface area contributed by atoms with Crippen LogP contribution in [0.5, 0.6) is 5.75 Å². The van der Waals surface area contributed by atoms with Crippen molar-refractivity contribution in [3.8, 4) is 5.75 Å². The lowest BCUT2D eigenvalue weighted by Gasteiger charge is -2.29. The molecule has 0 bridgehead atoms. The van der Waals surface area contributed by atoms with E-state index < -0.39 is 28.1 Å². The SMILES string of the molecule is CN=S(=O)(NCC(O)CN1c2ccccc2CCc2ccc(Cl)cc21)c1ccc(OC(F)(F)F)cc1. The number of rotatable bonds is 7. The van der Waals surface area contributed by atoms with Crippen LogP contribution < -0.4 is 14.4 Å². The Labute approximate surface area is 213 Å². The van der Waals surface area contributed by atoms with Gasteiger partial charge >= 0.3 is 6.36 Å². The topological polar surface area (TPSA) is 74.2 Å². The third-order valence-corrected chi connectivity index (χ3v) is 8.04. The third kappa shape index (κ3) is 6.12. The lowest BCUT2D eigenvalue weighted by molar-refractivity contribution is -0.274. The van der Waals surface area contributed by atoms with E-state index in [0.29, 0.717) is 5.02 Å². The number of para-hydroxylation sites is 1. The fourth-order valence-corrected chi connectivity index (χ4v) is 5.74. The minimum Gasteiger partial charge on any atom is -0.406 e. The second-order valence-electron chi connectivity index (χ2n) is 8.24. The molecule has 11 heteroatoms. The molecule has 0 aromatic heterocycles. The fraction of sp³-hybridized carbons (Fsp3) is 0.280. The molecule has 0 amide bonds. The second-order valence-corrected chi connectivity index (χ2v) is 10.9. The van der Waals surface area contributed by atoms with E-state index in [9.17, 15) is 22.5 Å². The second kappa shape index (κ2) is 10.7. The highest BCUT2D eigenvalue weighted by atomic mass is 35.5. The van der Waals surface area contributed by atoms with E-state index in [0.717, 1.165) is 47.5 Å². The molecule has 1 heterocycles. The van der Waals surface area contributed by atoms with Gasteiger partial charge in [0.05, 0.1) is 17.5 Å². The lowest BCUT2D eigenvalue weighted by Crippen LogP contribution is -2.38. The van der Waals surface area contributed by atoms with Crippen LogP contribution >= 0.6 is 11.6 Å². The van der Waals surface area contributed by atoms with Gasteiger partial charge in [-0.15, -0.1) is 13.2 Å². The zero-order valence-corrected chi connectivity index (χ0v) is 20.9. The molecule has 2 N–H and O–H groups in total. The molecule has 4 rings (SSSR count). The van der Waals surface area contributed by atoms with E-state index in [-0.39, 0.29) is 18.0 Å². The number of aryl methyl sites for hydroxylation is 2. The third-order valence-electron chi connectivity index (χ3n) is 5.83. The quantitative estimate of drug-likeness (QED) is 0.416. The van der Waals surface area contributed by atoms with Crippen LogP contribution in [0.4, 0.5) is 24.5 Å². The molecule has 36 heavy (non-hydrogen) atoms. The highest BCUT2D eigenvalue weighted by Crippen LogP contribution is 2.37. The summed E-state index contributed by atoms with van der Waals surface area (Å²) in [6.45, 7) is 0.112. The van der Waals surface area contributed by atoms with Gasteiger partial charge in [0.25, 0.3) is 0 Å². The largest absolute Gasteiger partial charge is 0.573 e. The van der Waals surface area contributed by atoms with Gasteiger partial charge in [0.1, 0.15) is 15.7 Å². The molecule has 1 aliphatic rings. The zero-order valence-electron chi connectivity index (χ0n) is 19.3. The molecule has 0 aliphatic carbocycles. The van der Waals surface area contributed by atoms with Crippen molar-refractivity contribution in [3.05, 3.63) is 82.9 Å². The molecule has 0 spiro atoms. The molecule has 0 saturated carbocycles. The van der Waals surface area contributed by atoms with Crippen LogP contribution in [0.2, 0.25) is 5.02 Å². The molecule has 0 fully saturated rings. The number of hydrogen-bond acceptors (Lipinski definition) is 5. The predicted molar refractivity (Wildman–Crippen MR) is 134 cm³/mol. The van der Waals surface area contributed by atoms with Gasteiger partial charge in [0.2, 0.25) is 0 Å². The average Bonchev–Trinajstić information content (AvgIpc) is 2.99. The molecule has 0 radical (unpaired) electrons. The van der Waals surface area contributed by atoms with Crippen LogP contribution in [0.1, 0.15) is 11.1 Å². The van der Waals surface area contributed by atoms with Crippen molar-refractivity contribution in [2.75, 3.05) is 25.0 Å². The summed E-state index contributed by atoms with van der Waals surface area (Å²) in [5, 5.41) is 11.5. The summed E-state index contributed by atoms with van der Waals surface area (Å²) in [6, 6.07) is 18.3. The Hall–Kier alpha value is -2.79. The molecular formula is C25H25ClF3N3O3S. The van der Waals surface area contributed by atoms with Crippen LogP contribution in [-0.4, -0.2) is 41.9 Å². The summed E-state index contributed by atoms with van der Waals surface area (Å²) in [4.78, 5) is 2.17. The number of aliphatic hydroxyl groups is 1. The number of fused-ring (bicyclic) bond motifs is 2. The van der Waals surface area contributed by atoms with Gasteiger partial charge in [-0.25, -0.2) is 13.3 Å². The van der Waals surface area contributed by atoms with Gasteiger partial charge in [-0.2, -0.15) is 0 Å². The Balaban J connectivity index is 1.52. The lowest BCUT2D eigenvalue weighted by atomic mass is 10.0. The van der Waals surface area contributed by atoms with Gasteiger partial charge in [0, 0.05) is 30.0 Å². The smallest absolute Gasteiger partial charge is 0.406 e. The van der Waals surface area contributed by atoms with Gasteiger partial charge < -0.3 is 14.7 Å². The number of ether oxygens (including phenoxy) is 1. The first-order valence-electron chi connectivity index (χ1n) is 11.2. The monoisotopic (exact) mass is 539 g/mol. The Kier molecular flexibility index (Phi) is 7.79. The Morgan fingerprint density at radius 2 is 1.75 bits per heavy atom. The molecule has 0 saturated heterocycles. The van der Waals surface area contributed by atoms with Crippen LogP contribution in [0.3, 0.4) is 0 Å². The van der Waals surface area contributed by atoms with Crippen molar-refractivity contribution in [1.82, 2.24) is 4.72 Å². The van der Waals surface area contributed by atoms with Crippen LogP contribution in [0, 0.1) is 0 Å². The normalized spacial score (nSPS) is 15.8. The zero-order chi connectivity index (χ0) is 25.9. The van der Waals surface area contributed by atoms with Crippen LogP contribution in [-0.2, 0) is 22.8 Å². The van der Waals surface area contributed by atoms with Crippen LogP contribution in [0.25, 0.3) is 0 Å².